The Balaban J connectivity index is 0.00000162. The molecule has 102 valence electrons. The van der Waals surface area contributed by atoms with Crippen molar-refractivity contribution >= 4 is 35.6 Å². The summed E-state index contributed by atoms with van der Waals surface area (Å²) in [5.41, 5.74) is 1.26. The van der Waals surface area contributed by atoms with Gasteiger partial charge in [-0.1, -0.05) is 29.3 Å². The van der Waals surface area contributed by atoms with Gasteiger partial charge in [0.05, 0.1) is 10.0 Å². The Morgan fingerprint density at radius 2 is 1.72 bits per heavy atom. The standard InChI is InChI=1S/C13H18Cl2N2.ClH/c1-16-6-8-17(9-7-16)5-4-11-2-3-12(14)13(15)10-11;/h2-3,10H,4-9H2,1H3;1H. The fourth-order valence-corrected chi connectivity index (χ4v) is 2.37. The normalized spacial score (nSPS) is 17.5. The van der Waals surface area contributed by atoms with Crippen molar-refractivity contribution in [1.29, 1.82) is 0 Å². The predicted molar refractivity (Wildman–Crippen MR) is 81.4 cm³/mol. The Morgan fingerprint density at radius 1 is 1.06 bits per heavy atom. The van der Waals surface area contributed by atoms with E-state index in [1.807, 2.05) is 12.1 Å². The van der Waals surface area contributed by atoms with Crippen LogP contribution in [0.2, 0.25) is 10.0 Å². The first kappa shape index (κ1) is 16.1. The van der Waals surface area contributed by atoms with Gasteiger partial charge in [0.25, 0.3) is 0 Å². The maximum absolute atomic E-state index is 6.00. The van der Waals surface area contributed by atoms with E-state index >= 15 is 0 Å². The van der Waals surface area contributed by atoms with Crippen molar-refractivity contribution in [2.24, 2.45) is 0 Å². The monoisotopic (exact) mass is 308 g/mol. The molecule has 0 saturated carbocycles. The molecule has 0 unspecified atom stereocenters. The van der Waals surface area contributed by atoms with Crippen LogP contribution in [0.3, 0.4) is 0 Å². The summed E-state index contributed by atoms with van der Waals surface area (Å²) in [6, 6.07) is 5.91. The molecule has 0 bridgehead atoms. The average molecular weight is 310 g/mol. The minimum absolute atomic E-state index is 0. The second kappa shape index (κ2) is 7.56. The summed E-state index contributed by atoms with van der Waals surface area (Å²) in [6.07, 6.45) is 1.04. The van der Waals surface area contributed by atoms with Crippen molar-refractivity contribution in [3.8, 4) is 0 Å². The number of halogens is 3. The first-order valence-corrected chi connectivity index (χ1v) is 6.75. The summed E-state index contributed by atoms with van der Waals surface area (Å²) in [7, 11) is 2.18. The molecule has 5 heteroatoms. The molecular formula is C13H19Cl3N2. The van der Waals surface area contributed by atoms with Crippen LogP contribution in [0.5, 0.6) is 0 Å². The van der Waals surface area contributed by atoms with E-state index in [0.717, 1.165) is 26.1 Å². The molecule has 2 nitrogen and oxygen atoms in total. The molecule has 1 aliphatic rings. The largest absolute Gasteiger partial charge is 0.304 e. The Hall–Kier alpha value is 0.01000. The highest BCUT2D eigenvalue weighted by Crippen LogP contribution is 2.22. The lowest BCUT2D eigenvalue weighted by atomic mass is 10.1. The zero-order valence-corrected chi connectivity index (χ0v) is 12.9. The lowest BCUT2D eigenvalue weighted by molar-refractivity contribution is 0.155. The highest BCUT2D eigenvalue weighted by Gasteiger charge is 2.13. The predicted octanol–water partition coefficient (Wildman–Crippen LogP) is 3.21. The van der Waals surface area contributed by atoms with E-state index in [0.29, 0.717) is 10.0 Å². The van der Waals surface area contributed by atoms with Crippen LogP contribution in [0, 0.1) is 0 Å². The summed E-state index contributed by atoms with van der Waals surface area (Å²) in [5.74, 6) is 0. The third kappa shape index (κ3) is 4.60. The molecule has 2 rings (SSSR count). The quantitative estimate of drug-likeness (QED) is 0.846. The van der Waals surface area contributed by atoms with Gasteiger partial charge in [-0.05, 0) is 31.2 Å². The van der Waals surface area contributed by atoms with Crippen LogP contribution in [-0.4, -0.2) is 49.6 Å². The number of hydrogen-bond donors (Lipinski definition) is 0. The number of benzene rings is 1. The second-order valence-corrected chi connectivity index (χ2v) is 5.46. The summed E-state index contributed by atoms with van der Waals surface area (Å²) in [6.45, 7) is 5.77. The lowest BCUT2D eigenvalue weighted by Crippen LogP contribution is -2.45. The smallest absolute Gasteiger partial charge is 0.0595 e. The zero-order chi connectivity index (χ0) is 12.3. The van der Waals surface area contributed by atoms with Crippen LogP contribution >= 0.6 is 35.6 Å². The molecule has 0 aliphatic carbocycles. The lowest BCUT2D eigenvalue weighted by Gasteiger charge is -2.32. The Labute approximate surface area is 125 Å². The summed E-state index contributed by atoms with van der Waals surface area (Å²) in [5, 5.41) is 1.29. The highest BCUT2D eigenvalue weighted by molar-refractivity contribution is 6.42. The molecule has 0 atom stereocenters. The van der Waals surface area contributed by atoms with Crippen LogP contribution in [0.25, 0.3) is 0 Å². The van der Waals surface area contributed by atoms with E-state index in [2.05, 4.69) is 22.9 Å². The van der Waals surface area contributed by atoms with Gasteiger partial charge >= 0.3 is 0 Å². The molecule has 0 aromatic heterocycles. The number of piperazine rings is 1. The molecule has 0 radical (unpaired) electrons. The van der Waals surface area contributed by atoms with Crippen molar-refractivity contribution < 1.29 is 0 Å². The van der Waals surface area contributed by atoms with Crippen LogP contribution in [0.4, 0.5) is 0 Å². The Bertz CT molecular complexity index is 376. The van der Waals surface area contributed by atoms with Crippen molar-refractivity contribution in [2.75, 3.05) is 39.8 Å². The third-order valence-corrected chi connectivity index (χ3v) is 4.04. The fourth-order valence-electron chi connectivity index (χ4n) is 2.05. The molecule has 1 heterocycles. The number of rotatable bonds is 3. The number of likely N-dealkylation sites (N-methyl/N-ethyl adjacent to an activating group) is 1. The third-order valence-electron chi connectivity index (χ3n) is 3.30. The fraction of sp³-hybridized carbons (Fsp3) is 0.538. The van der Waals surface area contributed by atoms with Gasteiger partial charge in [-0.15, -0.1) is 12.4 Å². The van der Waals surface area contributed by atoms with Gasteiger partial charge in [-0.25, -0.2) is 0 Å². The van der Waals surface area contributed by atoms with Gasteiger partial charge in [0, 0.05) is 32.7 Å². The summed E-state index contributed by atoms with van der Waals surface area (Å²) < 4.78 is 0. The molecule has 0 amide bonds. The van der Waals surface area contributed by atoms with E-state index in [4.69, 9.17) is 23.2 Å². The molecule has 1 aromatic rings. The minimum atomic E-state index is 0. The second-order valence-electron chi connectivity index (χ2n) is 4.64. The minimum Gasteiger partial charge on any atom is -0.304 e. The molecule has 1 saturated heterocycles. The maximum Gasteiger partial charge on any atom is 0.0595 e. The number of hydrogen-bond acceptors (Lipinski definition) is 2. The molecule has 18 heavy (non-hydrogen) atoms. The van der Waals surface area contributed by atoms with Crippen molar-refractivity contribution in [3.63, 3.8) is 0 Å². The number of nitrogens with zero attached hydrogens (tertiary/aromatic N) is 2. The average Bonchev–Trinajstić information content (AvgIpc) is 2.33. The maximum atomic E-state index is 6.00. The van der Waals surface area contributed by atoms with Crippen molar-refractivity contribution in [2.45, 2.75) is 6.42 Å². The van der Waals surface area contributed by atoms with Crippen LogP contribution < -0.4 is 0 Å². The Kier molecular flexibility index (Phi) is 6.75. The molecule has 1 aliphatic heterocycles. The highest BCUT2D eigenvalue weighted by atomic mass is 35.5. The van der Waals surface area contributed by atoms with Crippen molar-refractivity contribution in [3.05, 3.63) is 33.8 Å². The van der Waals surface area contributed by atoms with Gasteiger partial charge in [-0.3, -0.25) is 0 Å². The van der Waals surface area contributed by atoms with E-state index in [1.54, 1.807) is 0 Å². The first-order chi connectivity index (χ1) is 8.15. The van der Waals surface area contributed by atoms with E-state index in [-0.39, 0.29) is 12.4 Å². The van der Waals surface area contributed by atoms with Crippen LogP contribution in [0.15, 0.2) is 18.2 Å². The van der Waals surface area contributed by atoms with Gasteiger partial charge in [0.2, 0.25) is 0 Å². The SMILES string of the molecule is CN1CCN(CCc2ccc(Cl)c(Cl)c2)CC1.Cl. The summed E-state index contributed by atoms with van der Waals surface area (Å²) >= 11 is 11.9. The van der Waals surface area contributed by atoms with Gasteiger partial charge < -0.3 is 9.80 Å². The van der Waals surface area contributed by atoms with Crippen LogP contribution in [0.1, 0.15) is 5.56 Å². The van der Waals surface area contributed by atoms with E-state index < -0.39 is 0 Å². The van der Waals surface area contributed by atoms with E-state index in [9.17, 15) is 0 Å². The Morgan fingerprint density at radius 3 is 2.33 bits per heavy atom. The first-order valence-electron chi connectivity index (χ1n) is 6.00. The van der Waals surface area contributed by atoms with Crippen molar-refractivity contribution in [1.82, 2.24) is 9.80 Å². The summed E-state index contributed by atoms with van der Waals surface area (Å²) in [4.78, 5) is 4.87. The molecule has 0 N–H and O–H groups in total. The molecular weight excluding hydrogens is 291 g/mol. The van der Waals surface area contributed by atoms with Gasteiger partial charge in [0.1, 0.15) is 0 Å². The van der Waals surface area contributed by atoms with Crippen LogP contribution in [-0.2, 0) is 6.42 Å². The van der Waals surface area contributed by atoms with Gasteiger partial charge in [0.15, 0.2) is 0 Å². The zero-order valence-electron chi connectivity index (χ0n) is 10.5. The molecule has 1 fully saturated rings. The topological polar surface area (TPSA) is 6.48 Å². The molecule has 0 spiro atoms. The van der Waals surface area contributed by atoms with Gasteiger partial charge in [-0.2, -0.15) is 0 Å². The molecule has 1 aromatic carbocycles. The van der Waals surface area contributed by atoms with E-state index in [1.165, 1.54) is 18.7 Å².